The monoisotopic (exact) mass is 513 g/mol. The lowest BCUT2D eigenvalue weighted by Gasteiger charge is -2.22. The molecule has 0 radical (unpaired) electrons. The molecule has 2 atom stereocenters. The summed E-state index contributed by atoms with van der Waals surface area (Å²) in [6, 6.07) is 9.22. The van der Waals surface area contributed by atoms with Crippen LogP contribution in [0.25, 0.3) is 0 Å². The first-order chi connectivity index (χ1) is 13.7. The van der Waals surface area contributed by atoms with Crippen LogP contribution < -0.4 is 15.5 Å². The van der Waals surface area contributed by atoms with Gasteiger partial charge in [-0.1, -0.05) is 19.1 Å². The summed E-state index contributed by atoms with van der Waals surface area (Å²) in [7, 11) is 0. The number of anilines is 1. The van der Waals surface area contributed by atoms with Gasteiger partial charge in [0.2, 0.25) is 0 Å². The summed E-state index contributed by atoms with van der Waals surface area (Å²) >= 11 is 0. The SMILES string of the molecule is CCCN1CCC(CN=C(NCC)NC(C)c2cccc(N3CCCC3)c2)C1.I. The van der Waals surface area contributed by atoms with Gasteiger partial charge in [0.1, 0.15) is 0 Å². The molecule has 164 valence electrons. The van der Waals surface area contributed by atoms with Crippen molar-refractivity contribution in [3.63, 3.8) is 0 Å². The Morgan fingerprint density at radius 3 is 2.72 bits per heavy atom. The van der Waals surface area contributed by atoms with Crippen molar-refractivity contribution < 1.29 is 0 Å². The number of benzene rings is 1. The molecule has 3 rings (SSSR count). The molecule has 2 N–H and O–H groups in total. The predicted molar refractivity (Wildman–Crippen MR) is 136 cm³/mol. The Bertz CT molecular complexity index is 629. The fraction of sp³-hybridized carbons (Fsp3) is 0.696. The Kier molecular flexibility index (Phi) is 10.6. The van der Waals surface area contributed by atoms with Gasteiger partial charge in [-0.25, -0.2) is 0 Å². The van der Waals surface area contributed by atoms with Crippen molar-refractivity contribution in [1.29, 1.82) is 0 Å². The van der Waals surface area contributed by atoms with Gasteiger partial charge in [0, 0.05) is 38.4 Å². The smallest absolute Gasteiger partial charge is 0.191 e. The minimum Gasteiger partial charge on any atom is -0.372 e. The number of aliphatic imine (C=N–C) groups is 1. The highest BCUT2D eigenvalue weighted by Gasteiger charge is 2.21. The van der Waals surface area contributed by atoms with Crippen molar-refractivity contribution >= 4 is 35.6 Å². The van der Waals surface area contributed by atoms with Gasteiger partial charge in [0.15, 0.2) is 5.96 Å². The van der Waals surface area contributed by atoms with Crippen LogP contribution in [0, 0.1) is 5.92 Å². The Balaban J connectivity index is 0.00000300. The highest BCUT2D eigenvalue weighted by atomic mass is 127. The molecule has 2 aliphatic heterocycles. The molecule has 1 aromatic rings. The van der Waals surface area contributed by atoms with E-state index in [1.165, 1.54) is 69.7 Å². The van der Waals surface area contributed by atoms with Gasteiger partial charge in [-0.15, -0.1) is 24.0 Å². The summed E-state index contributed by atoms with van der Waals surface area (Å²) in [5.74, 6) is 1.63. The first-order valence-electron chi connectivity index (χ1n) is 11.3. The summed E-state index contributed by atoms with van der Waals surface area (Å²) in [6.07, 6.45) is 5.14. The lowest BCUT2D eigenvalue weighted by Crippen LogP contribution is -2.39. The maximum Gasteiger partial charge on any atom is 0.191 e. The number of hydrogen-bond acceptors (Lipinski definition) is 3. The van der Waals surface area contributed by atoms with Gasteiger partial charge in [0.25, 0.3) is 0 Å². The van der Waals surface area contributed by atoms with E-state index in [1.807, 2.05) is 0 Å². The van der Waals surface area contributed by atoms with Crippen molar-refractivity contribution in [2.24, 2.45) is 10.9 Å². The van der Waals surface area contributed by atoms with Crippen LogP contribution in [0.4, 0.5) is 5.69 Å². The quantitative estimate of drug-likeness (QED) is 0.310. The highest BCUT2D eigenvalue weighted by Crippen LogP contribution is 2.24. The average Bonchev–Trinajstić information content (AvgIpc) is 3.39. The number of hydrogen-bond donors (Lipinski definition) is 2. The first kappa shape index (κ1) is 24.3. The first-order valence-corrected chi connectivity index (χ1v) is 11.3. The van der Waals surface area contributed by atoms with Gasteiger partial charge >= 0.3 is 0 Å². The molecule has 5 nitrogen and oxygen atoms in total. The lowest BCUT2D eigenvalue weighted by atomic mass is 10.1. The largest absolute Gasteiger partial charge is 0.372 e. The molecule has 2 heterocycles. The molecule has 29 heavy (non-hydrogen) atoms. The van der Waals surface area contributed by atoms with Crippen molar-refractivity contribution in [3.8, 4) is 0 Å². The van der Waals surface area contributed by atoms with Crippen molar-refractivity contribution in [2.75, 3.05) is 50.7 Å². The van der Waals surface area contributed by atoms with Crippen LogP contribution in [0.3, 0.4) is 0 Å². The maximum absolute atomic E-state index is 4.91. The summed E-state index contributed by atoms with van der Waals surface area (Å²) in [6.45, 7) is 14.5. The molecule has 0 aromatic heterocycles. The van der Waals surface area contributed by atoms with Gasteiger partial charge in [0.05, 0.1) is 6.04 Å². The number of guanidine groups is 1. The van der Waals surface area contributed by atoms with E-state index in [0.717, 1.165) is 19.0 Å². The van der Waals surface area contributed by atoms with E-state index in [-0.39, 0.29) is 30.0 Å². The van der Waals surface area contributed by atoms with Crippen LogP contribution >= 0.6 is 24.0 Å². The molecular formula is C23H40IN5. The molecule has 2 aliphatic rings. The minimum absolute atomic E-state index is 0. The van der Waals surface area contributed by atoms with Gasteiger partial charge in [-0.3, -0.25) is 4.99 Å². The van der Waals surface area contributed by atoms with Crippen LogP contribution in [0.15, 0.2) is 29.3 Å². The van der Waals surface area contributed by atoms with E-state index in [0.29, 0.717) is 5.92 Å². The zero-order valence-electron chi connectivity index (χ0n) is 18.5. The zero-order valence-corrected chi connectivity index (χ0v) is 20.8. The van der Waals surface area contributed by atoms with Gasteiger partial charge < -0.3 is 20.4 Å². The number of nitrogens with one attached hydrogen (secondary N) is 2. The third kappa shape index (κ3) is 7.31. The lowest BCUT2D eigenvalue weighted by molar-refractivity contribution is 0.326. The third-order valence-corrected chi connectivity index (χ3v) is 5.96. The Hall–Kier alpha value is -1.02. The highest BCUT2D eigenvalue weighted by molar-refractivity contribution is 14.0. The molecule has 2 saturated heterocycles. The van der Waals surface area contributed by atoms with E-state index in [4.69, 9.17) is 4.99 Å². The number of likely N-dealkylation sites (tertiary alicyclic amines) is 1. The summed E-state index contributed by atoms with van der Waals surface area (Å²) in [5.41, 5.74) is 2.68. The van der Waals surface area contributed by atoms with E-state index >= 15 is 0 Å². The Labute approximate surface area is 194 Å². The summed E-state index contributed by atoms with van der Waals surface area (Å²) < 4.78 is 0. The third-order valence-electron chi connectivity index (χ3n) is 5.96. The number of halogens is 1. The maximum atomic E-state index is 4.91. The zero-order chi connectivity index (χ0) is 19.8. The Morgan fingerprint density at radius 2 is 2.00 bits per heavy atom. The minimum atomic E-state index is 0. The summed E-state index contributed by atoms with van der Waals surface area (Å²) in [5, 5.41) is 7.05. The van der Waals surface area contributed by atoms with Gasteiger partial charge in [-0.2, -0.15) is 0 Å². The molecule has 0 bridgehead atoms. The molecule has 0 saturated carbocycles. The molecule has 0 amide bonds. The predicted octanol–water partition coefficient (Wildman–Crippen LogP) is 4.25. The van der Waals surface area contributed by atoms with Crippen molar-refractivity contribution in [2.45, 2.75) is 52.5 Å². The molecule has 2 fully saturated rings. The van der Waals surface area contributed by atoms with Crippen LogP contribution in [0.5, 0.6) is 0 Å². The normalized spacial score (nSPS) is 21.1. The van der Waals surface area contributed by atoms with Crippen LogP contribution in [0.2, 0.25) is 0 Å². The molecule has 0 aliphatic carbocycles. The van der Waals surface area contributed by atoms with Crippen molar-refractivity contribution in [1.82, 2.24) is 15.5 Å². The van der Waals surface area contributed by atoms with Crippen LogP contribution in [0.1, 0.15) is 58.1 Å². The standard InChI is InChI=1S/C23H39N5.HI/c1-4-12-27-15-11-20(18-27)17-25-23(24-5-2)26-19(3)21-9-8-10-22(16-21)28-13-6-7-14-28;/h8-10,16,19-20H,4-7,11-15,17-18H2,1-3H3,(H2,24,25,26);1H. The summed E-state index contributed by atoms with van der Waals surface area (Å²) in [4.78, 5) is 9.99. The number of nitrogens with zero attached hydrogens (tertiary/aromatic N) is 3. The van der Waals surface area contributed by atoms with Crippen LogP contribution in [-0.4, -0.2) is 56.7 Å². The van der Waals surface area contributed by atoms with E-state index < -0.39 is 0 Å². The second-order valence-electron chi connectivity index (χ2n) is 8.33. The van der Waals surface area contributed by atoms with E-state index in [1.54, 1.807) is 0 Å². The molecule has 1 aromatic carbocycles. The van der Waals surface area contributed by atoms with E-state index in [9.17, 15) is 0 Å². The molecule has 0 spiro atoms. The van der Waals surface area contributed by atoms with E-state index in [2.05, 4.69) is 65.5 Å². The average molecular weight is 514 g/mol. The number of rotatable bonds is 8. The molecule has 6 heteroatoms. The van der Waals surface area contributed by atoms with Gasteiger partial charge in [-0.05, 0) is 76.2 Å². The van der Waals surface area contributed by atoms with Crippen molar-refractivity contribution in [3.05, 3.63) is 29.8 Å². The second kappa shape index (κ2) is 12.6. The topological polar surface area (TPSA) is 42.9 Å². The fourth-order valence-corrected chi connectivity index (χ4v) is 4.38. The Morgan fingerprint density at radius 1 is 1.21 bits per heavy atom. The van der Waals surface area contributed by atoms with Crippen LogP contribution in [-0.2, 0) is 0 Å². The second-order valence-corrected chi connectivity index (χ2v) is 8.33. The fourth-order valence-electron chi connectivity index (χ4n) is 4.38. The molecule has 2 unspecified atom stereocenters. The molecular weight excluding hydrogens is 473 g/mol.